The van der Waals surface area contributed by atoms with Gasteiger partial charge in [-0.15, -0.1) is 0 Å². The molecule has 0 radical (unpaired) electrons. The van der Waals surface area contributed by atoms with Crippen molar-refractivity contribution < 1.29 is 4.79 Å². The monoisotopic (exact) mass is 476 g/mol. The summed E-state index contributed by atoms with van der Waals surface area (Å²) in [5.74, 6) is 0.974. The highest BCUT2D eigenvalue weighted by Crippen LogP contribution is 2.26. The summed E-state index contributed by atoms with van der Waals surface area (Å²) in [6, 6.07) is 19.5. The molecule has 0 unspecified atom stereocenters. The number of carbonyl (C=O) groups excluding carboxylic acids is 1. The zero-order valence-corrected chi connectivity index (χ0v) is 20.1. The van der Waals surface area contributed by atoms with Crippen LogP contribution >= 0.6 is 0 Å². The van der Waals surface area contributed by atoms with E-state index < -0.39 is 5.54 Å². The third-order valence-electron chi connectivity index (χ3n) is 6.17. The van der Waals surface area contributed by atoms with Crippen molar-refractivity contribution in [2.24, 2.45) is 0 Å². The Hall–Kier alpha value is -4.97. The third kappa shape index (κ3) is 4.40. The number of hydrogen-bond acceptors (Lipinski definition) is 6. The number of nitriles is 1. The number of rotatable bonds is 6. The zero-order chi connectivity index (χ0) is 25.3. The van der Waals surface area contributed by atoms with E-state index in [1.165, 1.54) is 4.90 Å². The fraction of sp³-hybridized carbons (Fsp3) is 0.148. The molecule has 9 heteroatoms. The van der Waals surface area contributed by atoms with Gasteiger partial charge in [-0.1, -0.05) is 24.3 Å². The van der Waals surface area contributed by atoms with Gasteiger partial charge in [0.25, 0.3) is 5.91 Å². The second-order valence-electron chi connectivity index (χ2n) is 8.97. The lowest BCUT2D eigenvalue weighted by atomic mass is 10.1. The molecule has 2 aromatic carbocycles. The number of fused-ring (bicyclic) bond motifs is 1. The lowest BCUT2D eigenvalue weighted by molar-refractivity contribution is 0.0693. The molecule has 178 valence electrons. The van der Waals surface area contributed by atoms with Crippen molar-refractivity contribution in [3.8, 4) is 28.6 Å². The summed E-state index contributed by atoms with van der Waals surface area (Å²) < 4.78 is 0. The van der Waals surface area contributed by atoms with E-state index in [-0.39, 0.29) is 5.91 Å². The van der Waals surface area contributed by atoms with Crippen LogP contribution in [0.25, 0.3) is 33.4 Å². The fourth-order valence-electron chi connectivity index (χ4n) is 3.76. The van der Waals surface area contributed by atoms with Crippen molar-refractivity contribution >= 4 is 28.3 Å². The molecule has 0 aliphatic heterocycles. The first-order chi connectivity index (χ1) is 17.3. The van der Waals surface area contributed by atoms with Crippen LogP contribution in [0.3, 0.4) is 0 Å². The van der Waals surface area contributed by atoms with Crippen molar-refractivity contribution in [1.29, 1.82) is 5.26 Å². The average Bonchev–Trinajstić information content (AvgIpc) is 3.58. The van der Waals surface area contributed by atoms with Crippen LogP contribution in [0.4, 0.5) is 11.5 Å². The summed E-state index contributed by atoms with van der Waals surface area (Å²) in [6.07, 6.45) is 5.34. The van der Waals surface area contributed by atoms with Gasteiger partial charge >= 0.3 is 0 Å². The Labute approximate surface area is 207 Å². The second-order valence-corrected chi connectivity index (χ2v) is 8.97. The van der Waals surface area contributed by atoms with E-state index in [1.54, 1.807) is 39.4 Å². The van der Waals surface area contributed by atoms with Gasteiger partial charge in [-0.05, 0) is 49.7 Å². The van der Waals surface area contributed by atoms with Gasteiger partial charge < -0.3 is 15.2 Å². The van der Waals surface area contributed by atoms with E-state index in [1.807, 2.05) is 54.7 Å². The van der Waals surface area contributed by atoms with Crippen LogP contribution in [0.5, 0.6) is 0 Å². The van der Waals surface area contributed by atoms with Gasteiger partial charge in [-0.2, -0.15) is 10.4 Å². The molecule has 0 aliphatic rings. The lowest BCUT2D eigenvalue weighted by Gasteiger charge is -2.28. The average molecular weight is 477 g/mol. The smallest absolute Gasteiger partial charge is 0.271 e. The Morgan fingerprint density at radius 3 is 2.56 bits per heavy atom. The molecule has 3 aromatic heterocycles. The van der Waals surface area contributed by atoms with E-state index >= 15 is 0 Å². The molecular weight excluding hydrogens is 452 g/mol. The van der Waals surface area contributed by atoms with Crippen LogP contribution in [-0.2, 0) is 0 Å². The highest BCUT2D eigenvalue weighted by atomic mass is 16.2. The van der Waals surface area contributed by atoms with Gasteiger partial charge in [0.05, 0.1) is 12.3 Å². The molecule has 9 nitrogen and oxygen atoms in total. The van der Waals surface area contributed by atoms with Crippen molar-refractivity contribution in [1.82, 2.24) is 30.0 Å². The molecule has 0 atom stereocenters. The van der Waals surface area contributed by atoms with E-state index in [2.05, 4.69) is 36.5 Å². The van der Waals surface area contributed by atoms with E-state index in [0.29, 0.717) is 17.3 Å². The highest BCUT2D eigenvalue weighted by molar-refractivity contribution is 5.99. The molecule has 0 saturated carbocycles. The number of H-pyrrole nitrogens is 2. The minimum atomic E-state index is -0.916. The number of anilines is 2. The van der Waals surface area contributed by atoms with Crippen LogP contribution in [0.1, 0.15) is 24.3 Å². The Kier molecular flexibility index (Phi) is 5.70. The molecule has 1 amide bonds. The molecular formula is C27H24N8O. The summed E-state index contributed by atoms with van der Waals surface area (Å²) in [5.41, 5.74) is 4.10. The first-order valence-electron chi connectivity index (χ1n) is 11.4. The van der Waals surface area contributed by atoms with Crippen molar-refractivity contribution in [2.45, 2.75) is 19.4 Å². The molecule has 0 aliphatic carbocycles. The lowest BCUT2D eigenvalue weighted by Crippen LogP contribution is -2.43. The van der Waals surface area contributed by atoms with Crippen LogP contribution in [0.15, 0.2) is 73.2 Å². The number of hydrogen-bond donors (Lipinski definition) is 3. The third-order valence-corrected chi connectivity index (χ3v) is 6.17. The number of aromatic amines is 2. The molecule has 0 spiro atoms. The number of nitrogens with one attached hydrogen (secondary N) is 3. The van der Waals surface area contributed by atoms with Crippen LogP contribution in [0.2, 0.25) is 0 Å². The SMILES string of the molecule is CN(C(=O)c1cc2ccc(-c3nccc(Nc4ccc(-c5cn[nH]c5)cc4)n3)cc2[nH]1)C(C)(C)C#N. The number of carbonyl (C=O) groups is 1. The summed E-state index contributed by atoms with van der Waals surface area (Å²) in [5, 5.41) is 20.4. The number of amides is 1. The fourth-order valence-corrected chi connectivity index (χ4v) is 3.76. The van der Waals surface area contributed by atoms with Crippen LogP contribution < -0.4 is 5.32 Å². The number of nitrogens with zero attached hydrogens (tertiary/aromatic N) is 5. The first kappa shape index (κ1) is 22.8. The molecule has 36 heavy (non-hydrogen) atoms. The maximum atomic E-state index is 12.9. The van der Waals surface area contributed by atoms with Gasteiger partial charge in [0.15, 0.2) is 5.82 Å². The minimum Gasteiger partial charge on any atom is -0.351 e. The quantitative estimate of drug-likeness (QED) is 0.312. The number of benzene rings is 2. The molecule has 0 saturated heterocycles. The Morgan fingerprint density at radius 2 is 1.83 bits per heavy atom. The van der Waals surface area contributed by atoms with E-state index in [0.717, 1.165) is 33.3 Å². The first-order valence-corrected chi connectivity index (χ1v) is 11.4. The summed E-state index contributed by atoms with van der Waals surface area (Å²) in [4.78, 5) is 26.6. The zero-order valence-electron chi connectivity index (χ0n) is 20.1. The summed E-state index contributed by atoms with van der Waals surface area (Å²) >= 11 is 0. The number of aromatic nitrogens is 5. The maximum absolute atomic E-state index is 12.9. The molecule has 0 fully saturated rings. The Bertz CT molecular complexity index is 1580. The largest absolute Gasteiger partial charge is 0.351 e. The van der Waals surface area contributed by atoms with Gasteiger partial charge in [0, 0.05) is 47.2 Å². The minimum absolute atomic E-state index is 0.250. The standard InChI is InChI=1S/C27H24N8O/c1-27(2,16-28)35(3)26(36)23-12-18-4-5-19(13-22(18)33-23)25-29-11-10-24(34-25)32-21-8-6-17(7-9-21)20-14-30-31-15-20/h4-15,33H,1-3H3,(H,30,31)(H,29,32,34). The predicted octanol–water partition coefficient (Wildman–Crippen LogP) is 5.13. The van der Waals surface area contributed by atoms with Crippen molar-refractivity contribution in [2.75, 3.05) is 12.4 Å². The highest BCUT2D eigenvalue weighted by Gasteiger charge is 2.29. The molecule has 5 rings (SSSR count). The molecule has 3 heterocycles. The Balaban J connectivity index is 1.37. The van der Waals surface area contributed by atoms with Gasteiger partial charge in [0.2, 0.25) is 0 Å². The van der Waals surface area contributed by atoms with E-state index in [4.69, 9.17) is 0 Å². The summed E-state index contributed by atoms with van der Waals surface area (Å²) in [7, 11) is 1.62. The normalized spacial score (nSPS) is 11.3. The van der Waals surface area contributed by atoms with Gasteiger partial charge in [-0.25, -0.2) is 9.97 Å². The van der Waals surface area contributed by atoms with Crippen molar-refractivity contribution in [3.63, 3.8) is 0 Å². The topological polar surface area (TPSA) is 126 Å². The summed E-state index contributed by atoms with van der Waals surface area (Å²) in [6.45, 7) is 3.41. The van der Waals surface area contributed by atoms with Gasteiger partial charge in [0.1, 0.15) is 17.1 Å². The predicted molar refractivity (Wildman–Crippen MR) is 138 cm³/mol. The molecule has 5 aromatic rings. The maximum Gasteiger partial charge on any atom is 0.271 e. The van der Waals surface area contributed by atoms with Gasteiger partial charge in [-0.3, -0.25) is 9.89 Å². The van der Waals surface area contributed by atoms with Crippen molar-refractivity contribution in [3.05, 3.63) is 78.9 Å². The molecule has 3 N–H and O–H groups in total. The van der Waals surface area contributed by atoms with Crippen LogP contribution in [0, 0.1) is 11.3 Å². The molecule has 0 bridgehead atoms. The van der Waals surface area contributed by atoms with E-state index in [9.17, 15) is 10.1 Å². The van der Waals surface area contributed by atoms with Crippen LogP contribution in [-0.4, -0.2) is 48.5 Å². The Morgan fingerprint density at radius 1 is 1.06 bits per heavy atom. The second kappa shape index (κ2) is 9.00.